The molecule has 5 heteroatoms. The highest BCUT2D eigenvalue weighted by atomic mass is 16.7. The second-order valence-corrected chi connectivity index (χ2v) is 4.40. The Balaban J connectivity index is 1.94. The maximum atomic E-state index is 10.8. The molecule has 5 nitrogen and oxygen atoms in total. The number of unbranched alkanes of at least 4 members (excludes halogenated alkanes) is 1. The minimum absolute atomic E-state index is 0.297. The molecule has 19 heavy (non-hydrogen) atoms. The molecule has 1 aliphatic heterocycles. The van der Waals surface area contributed by atoms with E-state index in [1.165, 1.54) is 0 Å². The Morgan fingerprint density at radius 3 is 2.79 bits per heavy atom. The van der Waals surface area contributed by atoms with Gasteiger partial charge in [0.1, 0.15) is 5.75 Å². The van der Waals surface area contributed by atoms with Crippen molar-refractivity contribution >= 4 is 11.7 Å². The van der Waals surface area contributed by atoms with Crippen LogP contribution in [-0.4, -0.2) is 29.5 Å². The van der Waals surface area contributed by atoms with E-state index in [4.69, 9.17) is 14.7 Å². The van der Waals surface area contributed by atoms with E-state index in [0.717, 1.165) is 24.2 Å². The lowest BCUT2D eigenvalue weighted by Gasteiger charge is -2.06. The summed E-state index contributed by atoms with van der Waals surface area (Å²) in [5.74, 6) is -0.176. The van der Waals surface area contributed by atoms with E-state index in [1.54, 1.807) is 0 Å². The average Bonchev–Trinajstić information content (AvgIpc) is 2.90. The second kappa shape index (κ2) is 6.22. The lowest BCUT2D eigenvalue weighted by molar-refractivity contribution is -0.148. The number of hydrogen-bond donors (Lipinski definition) is 1. The normalized spacial score (nSPS) is 17.7. The molecule has 0 bridgehead atoms. The van der Waals surface area contributed by atoms with Gasteiger partial charge in [-0.15, -0.1) is 0 Å². The predicted octanol–water partition coefficient (Wildman–Crippen LogP) is 2.44. The van der Waals surface area contributed by atoms with Gasteiger partial charge in [-0.2, -0.15) is 0 Å². The number of nitrogens with zero attached hydrogens (tertiary/aromatic N) is 1. The fraction of sp³-hybridized carbons (Fsp3) is 0.429. The van der Waals surface area contributed by atoms with Crippen LogP contribution in [0.25, 0.3) is 0 Å². The lowest BCUT2D eigenvalue weighted by Crippen LogP contribution is -2.19. The number of carboxylic acid groups (broad SMARTS) is 1. The van der Waals surface area contributed by atoms with Gasteiger partial charge in [-0.1, -0.05) is 18.5 Å². The first-order valence-electron chi connectivity index (χ1n) is 6.39. The summed E-state index contributed by atoms with van der Waals surface area (Å²) in [6, 6.07) is 7.46. The number of hydrogen-bond acceptors (Lipinski definition) is 4. The summed E-state index contributed by atoms with van der Waals surface area (Å²) >= 11 is 0. The molecule has 1 heterocycles. The van der Waals surface area contributed by atoms with Gasteiger partial charge in [-0.3, -0.25) is 0 Å². The summed E-state index contributed by atoms with van der Waals surface area (Å²) in [6.45, 7) is 2.82. The van der Waals surface area contributed by atoms with Crippen molar-refractivity contribution in [3.63, 3.8) is 0 Å². The molecule has 102 valence electrons. The van der Waals surface area contributed by atoms with Crippen molar-refractivity contribution in [2.24, 2.45) is 5.16 Å². The first-order valence-corrected chi connectivity index (χ1v) is 6.39. The highest BCUT2D eigenvalue weighted by Crippen LogP contribution is 2.19. The highest BCUT2D eigenvalue weighted by molar-refractivity contribution is 6.03. The van der Waals surface area contributed by atoms with Crippen LogP contribution < -0.4 is 4.74 Å². The minimum atomic E-state index is -0.988. The number of benzene rings is 1. The van der Waals surface area contributed by atoms with E-state index in [-0.39, 0.29) is 0 Å². The molecule has 0 spiro atoms. The van der Waals surface area contributed by atoms with Crippen molar-refractivity contribution in [2.75, 3.05) is 6.61 Å². The molecule has 1 aromatic carbocycles. The lowest BCUT2D eigenvalue weighted by atomic mass is 10.1. The van der Waals surface area contributed by atoms with Crippen LogP contribution in [0.4, 0.5) is 0 Å². The number of rotatable bonds is 6. The van der Waals surface area contributed by atoms with Gasteiger partial charge >= 0.3 is 5.97 Å². The average molecular weight is 263 g/mol. The first-order chi connectivity index (χ1) is 9.20. The molecule has 0 radical (unpaired) electrons. The van der Waals surface area contributed by atoms with E-state index in [0.29, 0.717) is 18.7 Å². The third kappa shape index (κ3) is 3.47. The van der Waals surface area contributed by atoms with E-state index in [9.17, 15) is 4.79 Å². The molecule has 2 rings (SSSR count). The highest BCUT2D eigenvalue weighted by Gasteiger charge is 2.28. The molecule has 0 amide bonds. The molecular formula is C14H17NO4. The Labute approximate surface area is 111 Å². The van der Waals surface area contributed by atoms with E-state index >= 15 is 0 Å². The smallest absolute Gasteiger partial charge is 0.348 e. The van der Waals surface area contributed by atoms with Crippen molar-refractivity contribution < 1.29 is 19.5 Å². The van der Waals surface area contributed by atoms with Crippen molar-refractivity contribution in [3.8, 4) is 5.75 Å². The quantitative estimate of drug-likeness (QED) is 0.800. The molecule has 0 unspecified atom stereocenters. The van der Waals surface area contributed by atoms with Crippen molar-refractivity contribution in [1.29, 1.82) is 0 Å². The summed E-state index contributed by atoms with van der Waals surface area (Å²) in [5.41, 5.74) is 1.53. The molecular weight excluding hydrogens is 246 g/mol. The molecule has 1 aromatic rings. The maximum Gasteiger partial charge on any atom is 0.348 e. The fourth-order valence-corrected chi connectivity index (χ4v) is 1.76. The third-order valence-electron chi connectivity index (χ3n) is 2.90. The topological polar surface area (TPSA) is 68.1 Å². The molecule has 1 N–H and O–H groups in total. The standard InChI is InChI=1S/C14H17NO4/c1-2-3-8-18-11-6-4-10(5-7-11)12-9-13(14(16)17)19-15-12/h4-7,13H,2-3,8-9H2,1H3,(H,16,17)/t13-/m1/s1. The summed E-state index contributed by atoms with van der Waals surface area (Å²) in [5, 5.41) is 12.6. The van der Waals surface area contributed by atoms with Crippen LogP contribution in [0.2, 0.25) is 0 Å². The van der Waals surface area contributed by atoms with Gasteiger partial charge in [0, 0.05) is 6.42 Å². The van der Waals surface area contributed by atoms with Crippen LogP contribution in [0.3, 0.4) is 0 Å². The van der Waals surface area contributed by atoms with Crippen molar-refractivity contribution in [3.05, 3.63) is 29.8 Å². The van der Waals surface area contributed by atoms with Gasteiger partial charge < -0.3 is 14.7 Å². The summed E-state index contributed by atoms with van der Waals surface area (Å²) in [7, 11) is 0. The number of carbonyl (C=O) groups is 1. The van der Waals surface area contributed by atoms with Gasteiger partial charge in [-0.25, -0.2) is 4.79 Å². The van der Waals surface area contributed by atoms with E-state index < -0.39 is 12.1 Å². The van der Waals surface area contributed by atoms with Gasteiger partial charge in [0.25, 0.3) is 0 Å². The Morgan fingerprint density at radius 2 is 2.21 bits per heavy atom. The number of carboxylic acids is 1. The van der Waals surface area contributed by atoms with Crippen LogP contribution in [-0.2, 0) is 9.63 Å². The Bertz CT molecular complexity index is 467. The van der Waals surface area contributed by atoms with Gasteiger partial charge in [-0.05, 0) is 36.2 Å². The largest absolute Gasteiger partial charge is 0.494 e. The summed E-state index contributed by atoms with van der Waals surface area (Å²) < 4.78 is 5.56. The molecule has 0 aromatic heterocycles. The molecule has 0 aliphatic carbocycles. The van der Waals surface area contributed by atoms with E-state index in [1.807, 2.05) is 24.3 Å². The monoisotopic (exact) mass is 263 g/mol. The maximum absolute atomic E-state index is 10.8. The Hall–Kier alpha value is -2.04. The fourth-order valence-electron chi connectivity index (χ4n) is 1.76. The molecule has 0 saturated carbocycles. The zero-order chi connectivity index (χ0) is 13.7. The molecule has 0 fully saturated rings. The van der Waals surface area contributed by atoms with Crippen molar-refractivity contribution in [1.82, 2.24) is 0 Å². The Kier molecular flexibility index (Phi) is 4.39. The van der Waals surface area contributed by atoms with Crippen LogP contribution >= 0.6 is 0 Å². The van der Waals surface area contributed by atoms with Crippen LogP contribution in [0.15, 0.2) is 29.4 Å². The summed E-state index contributed by atoms with van der Waals surface area (Å²) in [4.78, 5) is 15.6. The zero-order valence-corrected chi connectivity index (χ0v) is 10.8. The molecule has 1 atom stereocenters. The molecule has 0 saturated heterocycles. The van der Waals surface area contributed by atoms with Gasteiger partial charge in [0.15, 0.2) is 0 Å². The first kappa shape index (κ1) is 13.4. The molecule has 1 aliphatic rings. The van der Waals surface area contributed by atoms with Crippen LogP contribution in [0.5, 0.6) is 5.75 Å². The van der Waals surface area contributed by atoms with Gasteiger partial charge in [0.05, 0.1) is 12.3 Å². The second-order valence-electron chi connectivity index (χ2n) is 4.40. The number of aliphatic carboxylic acids is 1. The van der Waals surface area contributed by atoms with E-state index in [2.05, 4.69) is 12.1 Å². The van der Waals surface area contributed by atoms with Crippen LogP contribution in [0, 0.1) is 0 Å². The van der Waals surface area contributed by atoms with Crippen LogP contribution in [0.1, 0.15) is 31.7 Å². The third-order valence-corrected chi connectivity index (χ3v) is 2.90. The minimum Gasteiger partial charge on any atom is -0.494 e. The van der Waals surface area contributed by atoms with Crippen molar-refractivity contribution in [2.45, 2.75) is 32.3 Å². The number of oxime groups is 1. The zero-order valence-electron chi connectivity index (χ0n) is 10.8. The van der Waals surface area contributed by atoms with Gasteiger partial charge in [0.2, 0.25) is 6.10 Å². The summed E-state index contributed by atoms with van der Waals surface area (Å²) in [6.07, 6.45) is 1.56. The SMILES string of the molecule is CCCCOc1ccc(C2=NO[C@@H](C(=O)O)C2)cc1. The Morgan fingerprint density at radius 1 is 1.47 bits per heavy atom. The number of ether oxygens (including phenoxy) is 1. The predicted molar refractivity (Wildman–Crippen MR) is 70.5 cm³/mol.